The zero-order valence-electron chi connectivity index (χ0n) is 12.8. The predicted octanol–water partition coefficient (Wildman–Crippen LogP) is 3.45. The lowest BCUT2D eigenvalue weighted by Gasteiger charge is -2.11. The van der Waals surface area contributed by atoms with Gasteiger partial charge < -0.3 is 15.0 Å². The molecule has 0 unspecified atom stereocenters. The van der Waals surface area contributed by atoms with Gasteiger partial charge in [-0.05, 0) is 43.7 Å². The molecule has 0 atom stereocenters. The minimum absolute atomic E-state index is 0.719. The summed E-state index contributed by atoms with van der Waals surface area (Å²) in [6.07, 6.45) is 2.05. The van der Waals surface area contributed by atoms with Gasteiger partial charge in [-0.2, -0.15) is 0 Å². The van der Waals surface area contributed by atoms with E-state index in [1.165, 1.54) is 0 Å². The fourth-order valence-electron chi connectivity index (χ4n) is 2.75. The molecule has 0 amide bonds. The smallest absolute Gasteiger partial charge is 0.144 e. The van der Waals surface area contributed by atoms with E-state index in [2.05, 4.69) is 22.8 Å². The molecule has 1 aromatic heterocycles. The number of ether oxygens (including phenoxy) is 1. The van der Waals surface area contributed by atoms with E-state index in [0.29, 0.717) is 0 Å². The van der Waals surface area contributed by atoms with Gasteiger partial charge in [-0.1, -0.05) is 24.3 Å². The van der Waals surface area contributed by atoms with Gasteiger partial charge in [-0.3, -0.25) is 0 Å². The number of benzene rings is 2. The van der Waals surface area contributed by atoms with Gasteiger partial charge >= 0.3 is 0 Å². The Balaban J connectivity index is 2.13. The molecule has 0 saturated carbocycles. The highest BCUT2D eigenvalue weighted by Gasteiger charge is 2.15. The molecule has 2 N–H and O–H groups in total. The molecule has 0 radical (unpaired) electrons. The van der Waals surface area contributed by atoms with Crippen LogP contribution in [0.25, 0.3) is 22.4 Å². The standard InChI is InChI=1S/C18H21N3O/c1-22-17-11-5-2-8-14(17)18-20-15-9-3-4-10-16(15)21(18)13-7-6-12-19/h2-5,8-11H,6-7,12-13,19H2,1H3. The first kappa shape index (κ1) is 14.6. The summed E-state index contributed by atoms with van der Waals surface area (Å²) in [6.45, 7) is 1.63. The van der Waals surface area contributed by atoms with E-state index in [-0.39, 0.29) is 0 Å². The first-order chi connectivity index (χ1) is 10.8. The summed E-state index contributed by atoms with van der Waals surface area (Å²) in [4.78, 5) is 4.82. The number of nitrogens with zero attached hydrogens (tertiary/aromatic N) is 2. The third kappa shape index (κ3) is 2.70. The van der Waals surface area contributed by atoms with Gasteiger partial charge in [-0.15, -0.1) is 0 Å². The minimum atomic E-state index is 0.719. The lowest BCUT2D eigenvalue weighted by atomic mass is 10.2. The summed E-state index contributed by atoms with van der Waals surface area (Å²) < 4.78 is 7.77. The number of hydrogen-bond donors (Lipinski definition) is 1. The van der Waals surface area contributed by atoms with Crippen LogP contribution in [-0.2, 0) is 6.54 Å². The molecule has 0 aliphatic heterocycles. The van der Waals surface area contributed by atoms with Crippen molar-refractivity contribution < 1.29 is 4.74 Å². The Morgan fingerprint density at radius 1 is 1.05 bits per heavy atom. The Labute approximate surface area is 130 Å². The molecule has 3 rings (SSSR count). The van der Waals surface area contributed by atoms with E-state index >= 15 is 0 Å². The Kier molecular flexibility index (Phi) is 4.39. The van der Waals surface area contributed by atoms with E-state index in [0.717, 1.165) is 54.1 Å². The Morgan fingerprint density at radius 2 is 1.82 bits per heavy atom. The third-order valence-corrected chi connectivity index (χ3v) is 3.84. The second kappa shape index (κ2) is 6.62. The average molecular weight is 295 g/mol. The quantitative estimate of drug-likeness (QED) is 0.709. The lowest BCUT2D eigenvalue weighted by molar-refractivity contribution is 0.416. The van der Waals surface area contributed by atoms with E-state index in [1.807, 2.05) is 30.3 Å². The molecular weight excluding hydrogens is 274 g/mol. The molecule has 0 bridgehead atoms. The summed E-state index contributed by atoms with van der Waals surface area (Å²) in [5.74, 6) is 1.80. The maximum Gasteiger partial charge on any atom is 0.144 e. The van der Waals surface area contributed by atoms with Crippen molar-refractivity contribution in [3.63, 3.8) is 0 Å². The molecule has 4 nitrogen and oxygen atoms in total. The first-order valence-corrected chi connectivity index (χ1v) is 7.64. The van der Waals surface area contributed by atoms with Crippen molar-refractivity contribution in [2.45, 2.75) is 19.4 Å². The molecular formula is C18H21N3O. The molecule has 114 valence electrons. The normalized spacial score (nSPS) is 11.0. The second-order valence-electron chi connectivity index (χ2n) is 5.27. The van der Waals surface area contributed by atoms with Crippen molar-refractivity contribution in [1.82, 2.24) is 9.55 Å². The van der Waals surface area contributed by atoms with Gasteiger partial charge in [0.2, 0.25) is 0 Å². The first-order valence-electron chi connectivity index (χ1n) is 7.64. The van der Waals surface area contributed by atoms with E-state index in [4.69, 9.17) is 15.5 Å². The topological polar surface area (TPSA) is 53.1 Å². The van der Waals surface area contributed by atoms with E-state index < -0.39 is 0 Å². The van der Waals surface area contributed by atoms with Crippen molar-refractivity contribution in [2.75, 3.05) is 13.7 Å². The molecule has 1 heterocycles. The number of fused-ring (bicyclic) bond motifs is 1. The predicted molar refractivity (Wildman–Crippen MR) is 90.0 cm³/mol. The summed E-state index contributed by atoms with van der Waals surface area (Å²) in [5, 5.41) is 0. The molecule has 4 heteroatoms. The highest BCUT2D eigenvalue weighted by Crippen LogP contribution is 2.31. The van der Waals surface area contributed by atoms with Crippen LogP contribution in [-0.4, -0.2) is 23.2 Å². The molecule has 0 aliphatic rings. The highest BCUT2D eigenvalue weighted by molar-refractivity contribution is 5.81. The average Bonchev–Trinajstić information content (AvgIpc) is 2.94. The fourth-order valence-corrected chi connectivity index (χ4v) is 2.75. The van der Waals surface area contributed by atoms with Gasteiger partial charge in [-0.25, -0.2) is 4.98 Å². The summed E-state index contributed by atoms with van der Waals surface area (Å²) in [5.41, 5.74) is 8.82. The molecule has 0 fully saturated rings. The van der Waals surface area contributed by atoms with E-state index in [1.54, 1.807) is 7.11 Å². The Hall–Kier alpha value is -2.33. The molecule has 0 aliphatic carbocycles. The third-order valence-electron chi connectivity index (χ3n) is 3.84. The number of nitrogens with two attached hydrogens (primary N) is 1. The highest BCUT2D eigenvalue weighted by atomic mass is 16.5. The van der Waals surface area contributed by atoms with Crippen LogP contribution in [0.1, 0.15) is 12.8 Å². The van der Waals surface area contributed by atoms with Gasteiger partial charge in [0.25, 0.3) is 0 Å². The van der Waals surface area contributed by atoms with Gasteiger partial charge in [0.05, 0.1) is 23.7 Å². The van der Waals surface area contributed by atoms with E-state index in [9.17, 15) is 0 Å². The molecule has 0 spiro atoms. The number of aryl methyl sites for hydroxylation is 1. The number of aromatic nitrogens is 2. The van der Waals surface area contributed by atoms with Crippen LogP contribution >= 0.6 is 0 Å². The maximum absolute atomic E-state index is 5.63. The summed E-state index contributed by atoms with van der Waals surface area (Å²) in [7, 11) is 1.69. The van der Waals surface area contributed by atoms with Gasteiger partial charge in [0, 0.05) is 6.54 Å². The SMILES string of the molecule is COc1ccccc1-c1nc2ccccc2n1CCCCN. The monoisotopic (exact) mass is 295 g/mol. The summed E-state index contributed by atoms with van der Waals surface area (Å²) >= 11 is 0. The van der Waals surface area contributed by atoms with Crippen LogP contribution in [0.2, 0.25) is 0 Å². The fraction of sp³-hybridized carbons (Fsp3) is 0.278. The summed E-state index contributed by atoms with van der Waals surface area (Å²) in [6, 6.07) is 16.3. The Morgan fingerprint density at radius 3 is 2.64 bits per heavy atom. The van der Waals surface area contributed by atoms with Crippen LogP contribution in [0.3, 0.4) is 0 Å². The maximum atomic E-state index is 5.63. The number of rotatable bonds is 6. The molecule has 0 saturated heterocycles. The van der Waals surface area contributed by atoms with Crippen LogP contribution in [0.4, 0.5) is 0 Å². The lowest BCUT2D eigenvalue weighted by Crippen LogP contribution is -2.05. The van der Waals surface area contributed by atoms with Crippen molar-refractivity contribution in [3.8, 4) is 17.1 Å². The molecule has 2 aromatic carbocycles. The molecule has 22 heavy (non-hydrogen) atoms. The van der Waals surface area contributed by atoms with Crippen LogP contribution < -0.4 is 10.5 Å². The zero-order chi connectivity index (χ0) is 15.4. The van der Waals surface area contributed by atoms with Crippen LogP contribution in [0, 0.1) is 0 Å². The number of hydrogen-bond acceptors (Lipinski definition) is 3. The molecule has 3 aromatic rings. The number of unbranched alkanes of at least 4 members (excludes halogenated alkanes) is 1. The largest absolute Gasteiger partial charge is 0.496 e. The number of para-hydroxylation sites is 3. The zero-order valence-corrected chi connectivity index (χ0v) is 12.8. The number of methoxy groups -OCH3 is 1. The van der Waals surface area contributed by atoms with Crippen LogP contribution in [0.15, 0.2) is 48.5 Å². The van der Waals surface area contributed by atoms with Crippen molar-refractivity contribution in [1.29, 1.82) is 0 Å². The van der Waals surface area contributed by atoms with Gasteiger partial charge in [0.1, 0.15) is 11.6 Å². The van der Waals surface area contributed by atoms with Crippen molar-refractivity contribution >= 4 is 11.0 Å². The van der Waals surface area contributed by atoms with Crippen molar-refractivity contribution in [2.24, 2.45) is 5.73 Å². The number of imidazole rings is 1. The van der Waals surface area contributed by atoms with Gasteiger partial charge in [0.15, 0.2) is 0 Å². The second-order valence-corrected chi connectivity index (χ2v) is 5.27. The Bertz CT molecular complexity index is 764. The van der Waals surface area contributed by atoms with Crippen LogP contribution in [0.5, 0.6) is 5.75 Å². The van der Waals surface area contributed by atoms with Crippen molar-refractivity contribution in [3.05, 3.63) is 48.5 Å². The minimum Gasteiger partial charge on any atom is -0.496 e.